The van der Waals surface area contributed by atoms with Gasteiger partial charge in [-0.25, -0.2) is 14.8 Å². The van der Waals surface area contributed by atoms with E-state index in [4.69, 9.17) is 0 Å². The smallest absolute Gasteiger partial charge is 0.326 e. The first-order valence-electron chi connectivity index (χ1n) is 6.89. The van der Waals surface area contributed by atoms with Gasteiger partial charge in [-0.05, 0) is 38.3 Å². The third-order valence-electron chi connectivity index (χ3n) is 3.75. The third-order valence-corrected chi connectivity index (χ3v) is 3.75. The number of aliphatic carboxylic acids is 1. The highest BCUT2D eigenvalue weighted by Gasteiger charge is 2.30. The molecule has 1 N–H and O–H groups in total. The molecular weight excluding hydrogens is 254 g/mol. The van der Waals surface area contributed by atoms with Crippen LogP contribution in [0.1, 0.15) is 25.1 Å². The van der Waals surface area contributed by atoms with Crippen LogP contribution in [0.4, 0.5) is 5.82 Å². The van der Waals surface area contributed by atoms with Crippen molar-refractivity contribution in [2.75, 3.05) is 11.4 Å². The first kappa shape index (κ1) is 12.8. The average Bonchev–Trinajstić information content (AvgIpc) is 2.46. The number of aryl methyl sites for hydroxylation is 1. The summed E-state index contributed by atoms with van der Waals surface area (Å²) < 4.78 is 0. The largest absolute Gasteiger partial charge is 0.480 e. The lowest BCUT2D eigenvalue weighted by Gasteiger charge is -2.34. The molecule has 2 aromatic rings. The Morgan fingerprint density at radius 3 is 2.90 bits per heavy atom. The molecule has 0 radical (unpaired) electrons. The zero-order valence-corrected chi connectivity index (χ0v) is 11.4. The van der Waals surface area contributed by atoms with Gasteiger partial charge in [0.1, 0.15) is 17.7 Å². The van der Waals surface area contributed by atoms with Crippen LogP contribution in [0.3, 0.4) is 0 Å². The van der Waals surface area contributed by atoms with Gasteiger partial charge >= 0.3 is 5.97 Å². The SMILES string of the molecule is Cc1nc(N2CCCCC2C(=O)O)c2ccccc2n1. The Morgan fingerprint density at radius 2 is 2.10 bits per heavy atom. The fraction of sp³-hybridized carbons (Fsp3) is 0.400. The van der Waals surface area contributed by atoms with Crippen LogP contribution in [0.2, 0.25) is 0 Å². The molecule has 3 rings (SSSR count). The monoisotopic (exact) mass is 271 g/mol. The highest BCUT2D eigenvalue weighted by Crippen LogP contribution is 2.29. The second-order valence-corrected chi connectivity index (χ2v) is 5.15. The van der Waals surface area contributed by atoms with Crippen molar-refractivity contribution in [2.24, 2.45) is 0 Å². The molecule has 0 amide bonds. The van der Waals surface area contributed by atoms with Gasteiger partial charge in [0.2, 0.25) is 0 Å². The molecule has 1 aliphatic rings. The van der Waals surface area contributed by atoms with Crippen molar-refractivity contribution in [2.45, 2.75) is 32.2 Å². The predicted molar refractivity (Wildman–Crippen MR) is 76.9 cm³/mol. The first-order valence-corrected chi connectivity index (χ1v) is 6.89. The van der Waals surface area contributed by atoms with Gasteiger partial charge in [-0.1, -0.05) is 12.1 Å². The van der Waals surface area contributed by atoms with Gasteiger partial charge < -0.3 is 10.0 Å². The summed E-state index contributed by atoms with van der Waals surface area (Å²) in [6.07, 6.45) is 2.63. The molecule has 0 aliphatic carbocycles. The lowest BCUT2D eigenvalue weighted by Crippen LogP contribution is -2.45. The van der Waals surface area contributed by atoms with Gasteiger partial charge in [0, 0.05) is 11.9 Å². The zero-order chi connectivity index (χ0) is 14.1. The van der Waals surface area contributed by atoms with Crippen LogP contribution in [-0.4, -0.2) is 33.6 Å². The summed E-state index contributed by atoms with van der Waals surface area (Å²) in [5.74, 6) is 0.652. The van der Waals surface area contributed by atoms with E-state index in [2.05, 4.69) is 9.97 Å². The average molecular weight is 271 g/mol. The Kier molecular flexibility index (Phi) is 3.26. The fourth-order valence-corrected chi connectivity index (χ4v) is 2.83. The van der Waals surface area contributed by atoms with Gasteiger partial charge in [0.15, 0.2) is 0 Å². The van der Waals surface area contributed by atoms with Gasteiger partial charge in [-0.2, -0.15) is 0 Å². The predicted octanol–water partition coefficient (Wildman–Crippen LogP) is 2.38. The summed E-state index contributed by atoms with van der Waals surface area (Å²) >= 11 is 0. The molecule has 5 heteroatoms. The number of carbonyl (C=O) groups is 1. The van der Waals surface area contributed by atoms with Crippen LogP contribution in [0.15, 0.2) is 24.3 Å². The summed E-state index contributed by atoms with van der Waals surface area (Å²) in [6, 6.07) is 7.28. The molecule has 1 atom stereocenters. The minimum atomic E-state index is -0.773. The zero-order valence-electron chi connectivity index (χ0n) is 11.4. The number of nitrogens with zero attached hydrogens (tertiary/aromatic N) is 3. The van der Waals surface area contributed by atoms with E-state index in [1.807, 2.05) is 36.1 Å². The minimum Gasteiger partial charge on any atom is -0.480 e. The first-order chi connectivity index (χ1) is 9.66. The quantitative estimate of drug-likeness (QED) is 0.908. The molecular formula is C15H17N3O2. The molecule has 0 spiro atoms. The van der Waals surface area contributed by atoms with E-state index in [0.29, 0.717) is 12.2 Å². The van der Waals surface area contributed by atoms with Crippen LogP contribution >= 0.6 is 0 Å². The van der Waals surface area contributed by atoms with E-state index in [1.54, 1.807) is 0 Å². The lowest BCUT2D eigenvalue weighted by atomic mass is 10.0. The standard InChI is InChI=1S/C15H17N3O2/c1-10-16-12-7-3-2-6-11(12)14(17-10)18-9-5-4-8-13(18)15(19)20/h2-3,6-7,13H,4-5,8-9H2,1H3,(H,19,20). The number of para-hydroxylation sites is 1. The number of benzene rings is 1. The normalized spacial score (nSPS) is 19.2. The Bertz CT molecular complexity index is 657. The van der Waals surface area contributed by atoms with Crippen molar-refractivity contribution in [3.05, 3.63) is 30.1 Å². The van der Waals surface area contributed by atoms with Crippen LogP contribution < -0.4 is 4.90 Å². The minimum absolute atomic E-state index is 0.485. The second-order valence-electron chi connectivity index (χ2n) is 5.15. The Morgan fingerprint density at radius 1 is 1.30 bits per heavy atom. The van der Waals surface area contributed by atoms with Crippen molar-refractivity contribution < 1.29 is 9.90 Å². The van der Waals surface area contributed by atoms with Crippen LogP contribution in [-0.2, 0) is 4.79 Å². The van der Waals surface area contributed by atoms with Crippen LogP contribution in [0.5, 0.6) is 0 Å². The Hall–Kier alpha value is -2.17. The molecule has 1 aromatic heterocycles. The number of aromatic nitrogens is 2. The van der Waals surface area contributed by atoms with E-state index < -0.39 is 12.0 Å². The number of carboxylic acid groups (broad SMARTS) is 1. The lowest BCUT2D eigenvalue weighted by molar-refractivity contribution is -0.139. The number of rotatable bonds is 2. The topological polar surface area (TPSA) is 66.3 Å². The molecule has 5 nitrogen and oxygen atoms in total. The van der Waals surface area contributed by atoms with Crippen molar-refractivity contribution in [1.82, 2.24) is 9.97 Å². The van der Waals surface area contributed by atoms with E-state index >= 15 is 0 Å². The van der Waals surface area contributed by atoms with E-state index in [0.717, 1.165) is 36.1 Å². The molecule has 1 aliphatic heterocycles. The van der Waals surface area contributed by atoms with Crippen molar-refractivity contribution in [3.63, 3.8) is 0 Å². The molecule has 1 saturated heterocycles. The maximum atomic E-state index is 11.5. The molecule has 104 valence electrons. The van der Waals surface area contributed by atoms with Crippen LogP contribution in [0, 0.1) is 6.92 Å². The Labute approximate surface area is 117 Å². The number of fused-ring (bicyclic) bond motifs is 1. The molecule has 1 aromatic carbocycles. The molecule has 2 heterocycles. The van der Waals surface area contributed by atoms with E-state index in [1.165, 1.54) is 0 Å². The molecule has 0 saturated carbocycles. The van der Waals surface area contributed by atoms with Gasteiger partial charge in [-0.15, -0.1) is 0 Å². The number of carboxylic acids is 1. The molecule has 20 heavy (non-hydrogen) atoms. The van der Waals surface area contributed by atoms with Crippen molar-refractivity contribution >= 4 is 22.7 Å². The summed E-state index contributed by atoms with van der Waals surface area (Å²) in [4.78, 5) is 22.3. The summed E-state index contributed by atoms with van der Waals surface area (Å²) in [7, 11) is 0. The van der Waals surface area contributed by atoms with Gasteiger partial charge in [0.25, 0.3) is 0 Å². The maximum absolute atomic E-state index is 11.5. The van der Waals surface area contributed by atoms with E-state index in [-0.39, 0.29) is 0 Å². The van der Waals surface area contributed by atoms with E-state index in [9.17, 15) is 9.90 Å². The number of hydrogen-bond acceptors (Lipinski definition) is 4. The van der Waals surface area contributed by atoms with Crippen molar-refractivity contribution in [3.8, 4) is 0 Å². The summed E-state index contributed by atoms with van der Waals surface area (Å²) in [6.45, 7) is 2.58. The second kappa shape index (κ2) is 5.07. The van der Waals surface area contributed by atoms with Crippen LogP contribution in [0.25, 0.3) is 10.9 Å². The summed E-state index contributed by atoms with van der Waals surface area (Å²) in [5.41, 5.74) is 0.865. The number of hydrogen-bond donors (Lipinski definition) is 1. The fourth-order valence-electron chi connectivity index (χ4n) is 2.83. The number of piperidine rings is 1. The Balaban J connectivity index is 2.14. The van der Waals surface area contributed by atoms with Crippen molar-refractivity contribution in [1.29, 1.82) is 0 Å². The molecule has 1 fully saturated rings. The molecule has 1 unspecified atom stereocenters. The maximum Gasteiger partial charge on any atom is 0.326 e. The summed E-state index contributed by atoms with van der Waals surface area (Å²) in [5, 5.41) is 10.3. The van der Waals surface area contributed by atoms with Gasteiger partial charge in [0.05, 0.1) is 5.52 Å². The molecule has 0 bridgehead atoms. The highest BCUT2D eigenvalue weighted by molar-refractivity contribution is 5.91. The third kappa shape index (κ3) is 2.19. The highest BCUT2D eigenvalue weighted by atomic mass is 16.4. The van der Waals surface area contributed by atoms with Gasteiger partial charge in [-0.3, -0.25) is 0 Å². The number of anilines is 1.